The van der Waals surface area contributed by atoms with E-state index in [1.807, 2.05) is 31.2 Å². The van der Waals surface area contributed by atoms with E-state index in [9.17, 15) is 12.8 Å². The molecule has 3 rings (SSSR count). The molecule has 0 aliphatic heterocycles. The predicted octanol–water partition coefficient (Wildman–Crippen LogP) is 3.22. The Morgan fingerprint density at radius 3 is 2.36 bits per heavy atom. The molecule has 0 aliphatic rings. The Labute approximate surface area is 144 Å². The van der Waals surface area contributed by atoms with Gasteiger partial charge in [0.1, 0.15) is 5.82 Å². The normalized spacial score (nSPS) is 12.9. The van der Waals surface area contributed by atoms with Crippen LogP contribution in [0.3, 0.4) is 0 Å². The van der Waals surface area contributed by atoms with Crippen LogP contribution < -0.4 is 4.72 Å². The SMILES string of the molecule is Cc1ccc(-c2noc([C@@H](C)NS(=O)(=O)c3ccc(F)cc3)n2)cc1. The van der Waals surface area contributed by atoms with Crippen LogP contribution in [-0.2, 0) is 10.0 Å². The van der Waals surface area contributed by atoms with Gasteiger partial charge in [-0.1, -0.05) is 35.0 Å². The Morgan fingerprint density at radius 1 is 1.08 bits per heavy atom. The minimum absolute atomic E-state index is 0.0426. The first-order valence-corrected chi connectivity index (χ1v) is 9.02. The number of halogens is 1. The molecule has 0 radical (unpaired) electrons. The molecular weight excluding hydrogens is 345 g/mol. The number of sulfonamides is 1. The van der Waals surface area contributed by atoms with E-state index in [1.54, 1.807) is 6.92 Å². The second-order valence-electron chi connectivity index (χ2n) is 5.62. The molecule has 0 aliphatic carbocycles. The van der Waals surface area contributed by atoms with Gasteiger partial charge in [-0.3, -0.25) is 0 Å². The molecule has 0 amide bonds. The summed E-state index contributed by atoms with van der Waals surface area (Å²) in [6, 6.07) is 11.4. The van der Waals surface area contributed by atoms with Gasteiger partial charge in [0, 0.05) is 5.56 Å². The quantitative estimate of drug-likeness (QED) is 0.754. The van der Waals surface area contributed by atoms with Crippen molar-refractivity contribution in [1.29, 1.82) is 0 Å². The van der Waals surface area contributed by atoms with Crippen molar-refractivity contribution in [3.8, 4) is 11.4 Å². The number of aromatic nitrogens is 2. The van der Waals surface area contributed by atoms with Crippen LogP contribution >= 0.6 is 0 Å². The lowest BCUT2D eigenvalue weighted by Crippen LogP contribution is -2.27. The summed E-state index contributed by atoms with van der Waals surface area (Å²) in [6.45, 7) is 3.56. The monoisotopic (exact) mass is 361 g/mol. The summed E-state index contributed by atoms with van der Waals surface area (Å²) in [5.74, 6) is 0.00994. The topological polar surface area (TPSA) is 85.1 Å². The van der Waals surface area contributed by atoms with E-state index in [1.165, 1.54) is 12.1 Å². The number of nitrogens with zero attached hydrogens (tertiary/aromatic N) is 2. The average Bonchev–Trinajstić information content (AvgIpc) is 3.06. The molecule has 0 saturated heterocycles. The molecule has 0 unspecified atom stereocenters. The summed E-state index contributed by atoms with van der Waals surface area (Å²) in [4.78, 5) is 4.19. The zero-order chi connectivity index (χ0) is 18.0. The fourth-order valence-corrected chi connectivity index (χ4v) is 3.39. The van der Waals surface area contributed by atoms with E-state index < -0.39 is 21.9 Å². The summed E-state index contributed by atoms with van der Waals surface area (Å²) in [5.41, 5.74) is 1.88. The molecule has 1 heterocycles. The molecular formula is C17H16FN3O3S. The Morgan fingerprint density at radius 2 is 1.72 bits per heavy atom. The summed E-state index contributed by atoms with van der Waals surface area (Å²) in [6.07, 6.45) is 0. The lowest BCUT2D eigenvalue weighted by atomic mass is 10.1. The smallest absolute Gasteiger partial charge is 0.244 e. The third-order valence-electron chi connectivity index (χ3n) is 3.58. The van der Waals surface area contributed by atoms with E-state index in [4.69, 9.17) is 4.52 Å². The Balaban J connectivity index is 1.78. The summed E-state index contributed by atoms with van der Waals surface area (Å²) < 4.78 is 45.2. The molecule has 25 heavy (non-hydrogen) atoms. The standard InChI is InChI=1S/C17H16FN3O3S/c1-11-3-5-13(6-4-11)16-19-17(24-20-16)12(2)21-25(22,23)15-9-7-14(18)8-10-15/h3-10,12,21H,1-2H3/t12-/m1/s1. The van der Waals surface area contributed by atoms with E-state index in [0.29, 0.717) is 5.82 Å². The van der Waals surface area contributed by atoms with Gasteiger partial charge >= 0.3 is 0 Å². The van der Waals surface area contributed by atoms with E-state index in [0.717, 1.165) is 23.3 Å². The van der Waals surface area contributed by atoms with Gasteiger partial charge in [0.2, 0.25) is 21.7 Å². The molecule has 0 saturated carbocycles. The fourth-order valence-electron chi connectivity index (χ4n) is 2.20. The minimum atomic E-state index is -3.83. The van der Waals surface area contributed by atoms with E-state index in [2.05, 4.69) is 14.9 Å². The number of aryl methyl sites for hydroxylation is 1. The van der Waals surface area contributed by atoms with Gasteiger partial charge in [-0.15, -0.1) is 0 Å². The van der Waals surface area contributed by atoms with Crippen LogP contribution in [0.1, 0.15) is 24.4 Å². The molecule has 0 bridgehead atoms. The average molecular weight is 361 g/mol. The number of rotatable bonds is 5. The van der Waals surface area contributed by atoms with Crippen molar-refractivity contribution in [2.75, 3.05) is 0 Å². The third-order valence-corrected chi connectivity index (χ3v) is 5.13. The highest BCUT2D eigenvalue weighted by Crippen LogP contribution is 2.20. The molecule has 130 valence electrons. The van der Waals surface area contributed by atoms with E-state index >= 15 is 0 Å². The molecule has 0 fully saturated rings. The molecule has 2 aromatic carbocycles. The first-order valence-electron chi connectivity index (χ1n) is 7.54. The zero-order valence-corrected chi connectivity index (χ0v) is 14.4. The largest absolute Gasteiger partial charge is 0.337 e. The van der Waals surface area contributed by atoms with Gasteiger partial charge in [0.05, 0.1) is 10.9 Å². The van der Waals surface area contributed by atoms with Gasteiger partial charge < -0.3 is 4.52 Å². The van der Waals surface area contributed by atoms with Gasteiger partial charge in [-0.25, -0.2) is 12.8 Å². The first-order chi connectivity index (χ1) is 11.8. The molecule has 6 nitrogen and oxygen atoms in total. The maximum absolute atomic E-state index is 12.9. The van der Waals surface area contributed by atoms with Crippen molar-refractivity contribution in [1.82, 2.24) is 14.9 Å². The van der Waals surface area contributed by atoms with Crippen LogP contribution in [0.25, 0.3) is 11.4 Å². The minimum Gasteiger partial charge on any atom is -0.337 e. The van der Waals surface area contributed by atoms with Crippen LogP contribution in [0.15, 0.2) is 57.9 Å². The highest BCUT2D eigenvalue weighted by molar-refractivity contribution is 7.89. The second kappa shape index (κ2) is 6.73. The number of benzene rings is 2. The van der Waals surface area contributed by atoms with Gasteiger partial charge in [-0.2, -0.15) is 9.71 Å². The predicted molar refractivity (Wildman–Crippen MR) is 89.6 cm³/mol. The van der Waals surface area contributed by atoms with Crippen LogP contribution in [0.4, 0.5) is 4.39 Å². The lowest BCUT2D eigenvalue weighted by molar-refractivity contribution is 0.354. The van der Waals surface area contributed by atoms with Crippen molar-refractivity contribution in [3.63, 3.8) is 0 Å². The van der Waals surface area contributed by atoms with Crippen molar-refractivity contribution >= 4 is 10.0 Å². The van der Waals surface area contributed by atoms with Gasteiger partial charge in [-0.05, 0) is 38.1 Å². The highest BCUT2D eigenvalue weighted by Gasteiger charge is 2.22. The molecule has 1 N–H and O–H groups in total. The van der Waals surface area contributed by atoms with Gasteiger partial charge in [0.25, 0.3) is 0 Å². The van der Waals surface area contributed by atoms with Crippen molar-refractivity contribution < 1.29 is 17.3 Å². The van der Waals surface area contributed by atoms with Crippen LogP contribution in [0.5, 0.6) is 0 Å². The van der Waals surface area contributed by atoms with Crippen molar-refractivity contribution in [3.05, 3.63) is 65.8 Å². The second-order valence-corrected chi connectivity index (χ2v) is 7.33. The Bertz CT molecular complexity index is 967. The summed E-state index contributed by atoms with van der Waals surface area (Å²) in [7, 11) is -3.83. The number of nitrogens with one attached hydrogen (secondary N) is 1. The fraction of sp³-hybridized carbons (Fsp3) is 0.176. The van der Waals surface area contributed by atoms with Crippen molar-refractivity contribution in [2.24, 2.45) is 0 Å². The molecule has 3 aromatic rings. The lowest BCUT2D eigenvalue weighted by Gasteiger charge is -2.10. The van der Waals surface area contributed by atoms with Gasteiger partial charge in [0.15, 0.2) is 0 Å². The van der Waals surface area contributed by atoms with E-state index in [-0.39, 0.29) is 10.8 Å². The summed E-state index contributed by atoms with van der Waals surface area (Å²) >= 11 is 0. The zero-order valence-electron chi connectivity index (χ0n) is 13.6. The van der Waals surface area contributed by atoms with Crippen LogP contribution in [0.2, 0.25) is 0 Å². The third kappa shape index (κ3) is 3.92. The molecule has 8 heteroatoms. The molecule has 0 spiro atoms. The van der Waals surface area contributed by atoms with Crippen molar-refractivity contribution in [2.45, 2.75) is 24.8 Å². The maximum atomic E-state index is 12.9. The molecule has 1 aromatic heterocycles. The first kappa shape index (κ1) is 17.2. The molecule has 1 atom stereocenters. The number of hydrogen-bond acceptors (Lipinski definition) is 5. The van der Waals surface area contributed by atoms with Crippen LogP contribution in [0, 0.1) is 12.7 Å². The summed E-state index contributed by atoms with van der Waals surface area (Å²) in [5, 5.41) is 3.88. The highest BCUT2D eigenvalue weighted by atomic mass is 32.2. The number of hydrogen-bond donors (Lipinski definition) is 1. The Kier molecular flexibility index (Phi) is 4.65. The Hall–Kier alpha value is -2.58. The van der Waals surface area contributed by atoms with Crippen LogP contribution in [-0.4, -0.2) is 18.6 Å². The maximum Gasteiger partial charge on any atom is 0.244 e.